The normalized spacial score (nSPS) is 12.2. The van der Waals surface area contributed by atoms with E-state index < -0.39 is 0 Å². The van der Waals surface area contributed by atoms with E-state index in [1.54, 1.807) is 0 Å². The number of hydrogen-bond acceptors (Lipinski definition) is 1. The predicted molar refractivity (Wildman–Crippen MR) is 220 cm³/mol. The van der Waals surface area contributed by atoms with Gasteiger partial charge in [-0.05, 0) is 143 Å². The Morgan fingerprint density at radius 3 is 1.61 bits per heavy atom. The zero-order chi connectivity index (χ0) is 34.3. The van der Waals surface area contributed by atoms with Gasteiger partial charge in [-0.3, -0.25) is 0 Å². The number of fused-ring (bicyclic) bond motifs is 8. The quantitative estimate of drug-likeness (QED) is 0.183. The molecule has 0 saturated carbocycles. The lowest BCUT2D eigenvalue weighted by molar-refractivity contribution is 0.592. The van der Waals surface area contributed by atoms with E-state index >= 15 is 0 Å². The summed E-state index contributed by atoms with van der Waals surface area (Å²) in [7, 11) is 0. The van der Waals surface area contributed by atoms with Crippen LogP contribution in [-0.2, 0) is 5.41 Å². The van der Waals surface area contributed by atoms with E-state index in [2.05, 4.69) is 196 Å². The third kappa shape index (κ3) is 4.84. The first kappa shape index (κ1) is 29.7. The Kier molecular flexibility index (Phi) is 6.51. The maximum Gasteiger partial charge on any atom is 0.0540 e. The smallest absolute Gasteiger partial charge is 0.0540 e. The van der Waals surface area contributed by atoms with Gasteiger partial charge >= 0.3 is 0 Å². The van der Waals surface area contributed by atoms with Gasteiger partial charge in [0.25, 0.3) is 0 Å². The lowest BCUT2D eigenvalue weighted by Gasteiger charge is -2.33. The second-order valence-corrected chi connectivity index (χ2v) is 15.1. The molecule has 9 aromatic rings. The Morgan fingerprint density at radius 2 is 0.902 bits per heavy atom. The molecule has 0 aromatic heterocycles. The first-order chi connectivity index (χ1) is 24.9. The van der Waals surface area contributed by atoms with Gasteiger partial charge in [-0.1, -0.05) is 130 Å². The minimum atomic E-state index is -0.0746. The average molecular weight is 652 g/mol. The van der Waals surface area contributed by atoms with E-state index in [-0.39, 0.29) is 5.41 Å². The molecule has 0 atom stereocenters. The molecule has 0 bridgehead atoms. The molecule has 51 heavy (non-hydrogen) atoms. The van der Waals surface area contributed by atoms with E-state index in [1.165, 1.54) is 93.4 Å². The van der Waals surface area contributed by atoms with Crippen molar-refractivity contribution in [3.8, 4) is 33.4 Å². The van der Waals surface area contributed by atoms with E-state index in [9.17, 15) is 0 Å². The highest BCUT2D eigenvalue weighted by atomic mass is 15.1. The van der Waals surface area contributed by atoms with Crippen LogP contribution in [0.4, 0.5) is 17.1 Å². The molecule has 1 aliphatic carbocycles. The summed E-state index contributed by atoms with van der Waals surface area (Å²) in [6.45, 7) is 6.98. The SMILES string of the molecule is CC(C)(C)c1cc2ccccc2cc1N(c1ccc2cc3c(cc2c1)-c1cc2cc(-c4ccccc4)ccc2cc1-3)c1cccc2ccccc12. The lowest BCUT2D eigenvalue weighted by atomic mass is 9.77. The Morgan fingerprint density at radius 1 is 0.353 bits per heavy atom. The second-order valence-electron chi connectivity index (χ2n) is 15.1. The molecule has 0 unspecified atom stereocenters. The molecule has 0 heterocycles. The van der Waals surface area contributed by atoms with Crippen LogP contribution < -0.4 is 4.90 Å². The molecule has 0 radical (unpaired) electrons. The maximum absolute atomic E-state index is 2.50. The summed E-state index contributed by atoms with van der Waals surface area (Å²) in [5.74, 6) is 0. The fourth-order valence-corrected chi connectivity index (χ4v) is 8.19. The second kappa shape index (κ2) is 11.2. The van der Waals surface area contributed by atoms with Gasteiger partial charge in [-0.15, -0.1) is 0 Å². The third-order valence-corrected chi connectivity index (χ3v) is 10.8. The van der Waals surface area contributed by atoms with Crippen molar-refractivity contribution < 1.29 is 0 Å². The summed E-state index contributed by atoms with van der Waals surface area (Å²) in [4.78, 5) is 2.50. The number of nitrogens with zero attached hydrogens (tertiary/aromatic N) is 1. The lowest BCUT2D eigenvalue weighted by Crippen LogP contribution is -2.19. The van der Waals surface area contributed by atoms with E-state index in [0.29, 0.717) is 0 Å². The summed E-state index contributed by atoms with van der Waals surface area (Å²) in [6.07, 6.45) is 0. The topological polar surface area (TPSA) is 3.24 Å². The fraction of sp³-hybridized carbons (Fsp3) is 0.0800. The number of anilines is 3. The van der Waals surface area contributed by atoms with Crippen molar-refractivity contribution in [3.05, 3.63) is 175 Å². The van der Waals surface area contributed by atoms with Crippen molar-refractivity contribution in [1.29, 1.82) is 0 Å². The van der Waals surface area contributed by atoms with Crippen LogP contribution in [0.1, 0.15) is 26.3 Å². The molecule has 1 heteroatoms. The first-order valence-electron chi connectivity index (χ1n) is 17.9. The van der Waals surface area contributed by atoms with Crippen molar-refractivity contribution in [2.45, 2.75) is 26.2 Å². The van der Waals surface area contributed by atoms with Crippen LogP contribution in [0.3, 0.4) is 0 Å². The molecular weight excluding hydrogens is 615 g/mol. The van der Waals surface area contributed by atoms with Gasteiger partial charge in [0, 0.05) is 11.1 Å². The number of benzene rings is 9. The van der Waals surface area contributed by atoms with Crippen LogP contribution in [0.15, 0.2) is 170 Å². The molecule has 0 fully saturated rings. The summed E-state index contributed by atoms with van der Waals surface area (Å²) < 4.78 is 0. The van der Waals surface area contributed by atoms with Crippen molar-refractivity contribution >= 4 is 60.2 Å². The van der Waals surface area contributed by atoms with Crippen LogP contribution in [-0.4, -0.2) is 0 Å². The predicted octanol–water partition coefficient (Wildman–Crippen LogP) is 14.4. The summed E-state index contributed by atoms with van der Waals surface area (Å²) in [6, 6.07) is 63.1. The Bertz CT molecular complexity index is 2830. The Labute approximate surface area is 299 Å². The van der Waals surface area contributed by atoms with E-state index in [4.69, 9.17) is 0 Å². The summed E-state index contributed by atoms with van der Waals surface area (Å²) >= 11 is 0. The first-order valence-corrected chi connectivity index (χ1v) is 17.9. The van der Waals surface area contributed by atoms with Gasteiger partial charge < -0.3 is 4.90 Å². The van der Waals surface area contributed by atoms with E-state index in [1.807, 2.05) is 0 Å². The highest BCUT2D eigenvalue weighted by Gasteiger charge is 2.27. The molecule has 1 nitrogen and oxygen atoms in total. The minimum Gasteiger partial charge on any atom is -0.310 e. The number of rotatable bonds is 4. The van der Waals surface area contributed by atoms with E-state index in [0.717, 1.165) is 5.69 Å². The van der Waals surface area contributed by atoms with Gasteiger partial charge in [0.15, 0.2) is 0 Å². The zero-order valence-electron chi connectivity index (χ0n) is 29.1. The zero-order valence-corrected chi connectivity index (χ0v) is 29.1. The Hall–Kier alpha value is -6.18. The molecule has 0 spiro atoms. The fourth-order valence-electron chi connectivity index (χ4n) is 8.19. The molecule has 1 aliphatic rings. The number of hydrogen-bond donors (Lipinski definition) is 0. The average Bonchev–Trinajstić information content (AvgIpc) is 3.16. The molecular formula is C50H37N. The highest BCUT2D eigenvalue weighted by molar-refractivity contribution is 6.13. The maximum atomic E-state index is 2.50. The van der Waals surface area contributed by atoms with Gasteiger partial charge in [0.1, 0.15) is 0 Å². The molecule has 0 saturated heterocycles. The molecule has 10 rings (SSSR count). The van der Waals surface area contributed by atoms with Gasteiger partial charge in [-0.2, -0.15) is 0 Å². The third-order valence-electron chi connectivity index (χ3n) is 10.8. The van der Waals surface area contributed by atoms with Crippen molar-refractivity contribution in [2.24, 2.45) is 0 Å². The van der Waals surface area contributed by atoms with Crippen LogP contribution in [0, 0.1) is 0 Å². The standard InChI is InChI=1S/C50H37N/c1-50(2,3)47-30-34-15-7-8-16-35(34)31-49(47)51(48-19-11-17-33-14-9-10-18-42(33)48)41-23-22-38-27-44-43-26-37-21-20-36(32-12-5-4-6-13-32)24-39(37)28-45(43)46(44)29-40(38)25-41/h4-31H,1-3H3. The highest BCUT2D eigenvalue weighted by Crippen LogP contribution is 2.52. The van der Waals surface area contributed by atoms with Crippen molar-refractivity contribution in [1.82, 2.24) is 0 Å². The monoisotopic (exact) mass is 651 g/mol. The molecule has 9 aromatic carbocycles. The summed E-state index contributed by atoms with van der Waals surface area (Å²) in [5.41, 5.74) is 12.7. The van der Waals surface area contributed by atoms with Crippen LogP contribution >= 0.6 is 0 Å². The van der Waals surface area contributed by atoms with Gasteiger partial charge in [0.2, 0.25) is 0 Å². The van der Waals surface area contributed by atoms with Crippen LogP contribution in [0.2, 0.25) is 0 Å². The van der Waals surface area contributed by atoms with Crippen LogP contribution in [0.25, 0.3) is 76.5 Å². The van der Waals surface area contributed by atoms with Crippen LogP contribution in [0.5, 0.6) is 0 Å². The molecule has 0 aliphatic heterocycles. The summed E-state index contributed by atoms with van der Waals surface area (Å²) in [5, 5.41) is 10.1. The van der Waals surface area contributed by atoms with Gasteiger partial charge in [-0.25, -0.2) is 0 Å². The van der Waals surface area contributed by atoms with Crippen molar-refractivity contribution in [3.63, 3.8) is 0 Å². The molecule has 242 valence electrons. The van der Waals surface area contributed by atoms with Crippen molar-refractivity contribution in [2.75, 3.05) is 4.90 Å². The Balaban J connectivity index is 1.16. The molecule has 0 amide bonds. The largest absolute Gasteiger partial charge is 0.310 e. The van der Waals surface area contributed by atoms with Gasteiger partial charge in [0.05, 0.1) is 11.4 Å². The minimum absolute atomic E-state index is 0.0746. The molecule has 0 N–H and O–H groups in total.